The maximum absolute atomic E-state index is 12.6. The molecule has 1 aliphatic heterocycles. The second kappa shape index (κ2) is 8.99. The van der Waals surface area contributed by atoms with E-state index in [1.54, 1.807) is 19.1 Å². The third-order valence-corrected chi connectivity index (χ3v) is 4.24. The van der Waals surface area contributed by atoms with E-state index in [0.717, 1.165) is 0 Å². The molecule has 0 bridgehead atoms. The van der Waals surface area contributed by atoms with Crippen LogP contribution in [0.25, 0.3) is 5.57 Å². The van der Waals surface area contributed by atoms with Gasteiger partial charge in [0.2, 0.25) is 5.91 Å². The Morgan fingerprint density at radius 1 is 1.18 bits per heavy atom. The minimum Gasteiger partial charge on any atom is -0.493 e. The molecule has 0 aromatic heterocycles. The van der Waals surface area contributed by atoms with Crippen molar-refractivity contribution in [2.45, 2.75) is 38.9 Å². The molecule has 0 saturated heterocycles. The van der Waals surface area contributed by atoms with Gasteiger partial charge in [-0.2, -0.15) is 13.2 Å². The number of methoxy groups -OCH3 is 2. The van der Waals surface area contributed by atoms with Gasteiger partial charge in [0.1, 0.15) is 0 Å². The number of hydrogen-bond donors (Lipinski definition) is 1. The van der Waals surface area contributed by atoms with Gasteiger partial charge in [-0.25, -0.2) is 0 Å². The first-order valence-electron chi connectivity index (χ1n) is 8.80. The predicted molar refractivity (Wildman–Crippen MR) is 96.7 cm³/mol. The van der Waals surface area contributed by atoms with Crippen LogP contribution in [0.5, 0.6) is 11.5 Å². The maximum Gasteiger partial charge on any atom is 0.390 e. The molecule has 9 heteroatoms. The van der Waals surface area contributed by atoms with Crippen LogP contribution in [-0.4, -0.2) is 43.7 Å². The van der Waals surface area contributed by atoms with Crippen molar-refractivity contribution in [1.29, 1.82) is 0 Å². The van der Waals surface area contributed by atoms with Crippen LogP contribution >= 0.6 is 0 Å². The standard InChI is InChI=1S/C19H23F3N2O4/c1-4-5-17(25)23-18(26)14-11-24(7-6-19(20,21)22)10-12-8-15(27-2)16(28-3)9-13(12)14/h8-9,11H,4-7,10H2,1-3H3,(H,23,25,26). The molecule has 2 rings (SSSR count). The molecular formula is C19H23F3N2O4. The van der Waals surface area contributed by atoms with Crippen LogP contribution in [0.15, 0.2) is 18.3 Å². The normalized spacial score (nSPS) is 13.5. The summed E-state index contributed by atoms with van der Waals surface area (Å²) >= 11 is 0. The summed E-state index contributed by atoms with van der Waals surface area (Å²) < 4.78 is 48.4. The van der Waals surface area contributed by atoms with E-state index < -0.39 is 24.4 Å². The number of imide groups is 1. The predicted octanol–water partition coefficient (Wildman–Crippen LogP) is 3.26. The molecule has 28 heavy (non-hydrogen) atoms. The summed E-state index contributed by atoms with van der Waals surface area (Å²) in [6.45, 7) is 1.66. The van der Waals surface area contributed by atoms with Crippen molar-refractivity contribution < 1.29 is 32.2 Å². The summed E-state index contributed by atoms with van der Waals surface area (Å²) in [7, 11) is 2.89. The average molecular weight is 400 g/mol. The number of carbonyl (C=O) groups is 2. The average Bonchev–Trinajstić information content (AvgIpc) is 2.63. The second-order valence-corrected chi connectivity index (χ2v) is 6.37. The topological polar surface area (TPSA) is 67.9 Å². The molecule has 1 aromatic carbocycles. The summed E-state index contributed by atoms with van der Waals surface area (Å²) in [6.07, 6.45) is -3.23. The molecule has 6 nitrogen and oxygen atoms in total. The third kappa shape index (κ3) is 5.40. The summed E-state index contributed by atoms with van der Waals surface area (Å²) in [5.41, 5.74) is 1.20. The number of nitrogens with zero attached hydrogens (tertiary/aromatic N) is 1. The lowest BCUT2D eigenvalue weighted by Gasteiger charge is -2.29. The van der Waals surface area contributed by atoms with E-state index in [-0.39, 0.29) is 25.1 Å². The van der Waals surface area contributed by atoms with Crippen molar-refractivity contribution in [2.24, 2.45) is 0 Å². The lowest BCUT2D eigenvalue weighted by atomic mass is 9.95. The molecule has 1 aromatic rings. The molecule has 0 radical (unpaired) electrons. The number of hydrogen-bond acceptors (Lipinski definition) is 5. The van der Waals surface area contributed by atoms with Crippen molar-refractivity contribution in [2.75, 3.05) is 20.8 Å². The smallest absolute Gasteiger partial charge is 0.390 e. The number of benzene rings is 1. The molecule has 0 spiro atoms. The molecular weight excluding hydrogens is 377 g/mol. The quantitative estimate of drug-likeness (QED) is 0.761. The Hall–Kier alpha value is -2.71. The van der Waals surface area contributed by atoms with Crippen LogP contribution in [0.3, 0.4) is 0 Å². The van der Waals surface area contributed by atoms with Gasteiger partial charge < -0.3 is 14.4 Å². The van der Waals surface area contributed by atoms with Crippen LogP contribution in [0, 0.1) is 0 Å². The van der Waals surface area contributed by atoms with Crippen LogP contribution in [-0.2, 0) is 16.1 Å². The monoisotopic (exact) mass is 400 g/mol. The summed E-state index contributed by atoms with van der Waals surface area (Å²) in [4.78, 5) is 25.8. The summed E-state index contributed by atoms with van der Waals surface area (Å²) in [5.74, 6) is -0.323. The number of nitrogens with one attached hydrogen (secondary N) is 1. The Morgan fingerprint density at radius 3 is 2.39 bits per heavy atom. The second-order valence-electron chi connectivity index (χ2n) is 6.37. The highest BCUT2D eigenvalue weighted by atomic mass is 19.4. The summed E-state index contributed by atoms with van der Waals surface area (Å²) in [5, 5.41) is 2.28. The van der Waals surface area contributed by atoms with Gasteiger partial charge in [-0.15, -0.1) is 0 Å². The molecule has 0 fully saturated rings. The zero-order chi connectivity index (χ0) is 20.9. The number of carbonyl (C=O) groups excluding carboxylic acids is 2. The van der Waals surface area contributed by atoms with Gasteiger partial charge in [0, 0.05) is 25.7 Å². The highest BCUT2D eigenvalue weighted by Crippen LogP contribution is 2.37. The lowest BCUT2D eigenvalue weighted by Crippen LogP contribution is -2.34. The first kappa shape index (κ1) is 21.6. The zero-order valence-corrected chi connectivity index (χ0v) is 16.0. The molecule has 1 heterocycles. The molecule has 154 valence electrons. The van der Waals surface area contributed by atoms with Crippen molar-refractivity contribution in [3.63, 3.8) is 0 Å². The number of amides is 2. The fourth-order valence-corrected chi connectivity index (χ4v) is 2.90. The van der Waals surface area contributed by atoms with E-state index >= 15 is 0 Å². The largest absolute Gasteiger partial charge is 0.493 e. The van der Waals surface area contributed by atoms with Gasteiger partial charge in [0.25, 0.3) is 5.91 Å². The third-order valence-electron chi connectivity index (χ3n) is 4.24. The lowest BCUT2D eigenvalue weighted by molar-refractivity contribution is -0.137. The Morgan fingerprint density at radius 2 is 1.82 bits per heavy atom. The van der Waals surface area contributed by atoms with Crippen LogP contribution < -0.4 is 14.8 Å². The minimum absolute atomic E-state index is 0.105. The zero-order valence-electron chi connectivity index (χ0n) is 16.0. The van der Waals surface area contributed by atoms with E-state index in [2.05, 4.69) is 5.32 Å². The SMILES string of the molecule is CCCC(=O)NC(=O)C1=CN(CCC(F)(F)F)Cc2cc(OC)c(OC)cc21. The first-order valence-corrected chi connectivity index (χ1v) is 8.80. The fourth-order valence-electron chi connectivity index (χ4n) is 2.90. The molecule has 1 N–H and O–H groups in total. The van der Waals surface area contributed by atoms with Crippen molar-refractivity contribution in [1.82, 2.24) is 10.2 Å². The molecule has 0 aliphatic carbocycles. The highest BCUT2D eigenvalue weighted by molar-refractivity contribution is 6.24. The Bertz CT molecular complexity index is 775. The molecule has 2 amide bonds. The van der Waals surface area contributed by atoms with E-state index in [0.29, 0.717) is 29.0 Å². The van der Waals surface area contributed by atoms with E-state index in [4.69, 9.17) is 9.47 Å². The summed E-state index contributed by atoms with van der Waals surface area (Å²) in [6, 6.07) is 3.22. The van der Waals surface area contributed by atoms with Crippen molar-refractivity contribution >= 4 is 17.4 Å². The first-order chi connectivity index (χ1) is 13.2. The van der Waals surface area contributed by atoms with Gasteiger partial charge in [0.05, 0.1) is 26.2 Å². The Labute approximate surface area is 161 Å². The number of fused-ring (bicyclic) bond motifs is 1. The Balaban J connectivity index is 2.40. The van der Waals surface area contributed by atoms with E-state index in [1.165, 1.54) is 25.3 Å². The van der Waals surface area contributed by atoms with Gasteiger partial charge in [0.15, 0.2) is 11.5 Å². The van der Waals surface area contributed by atoms with E-state index in [1.807, 2.05) is 0 Å². The van der Waals surface area contributed by atoms with Gasteiger partial charge in [-0.1, -0.05) is 6.92 Å². The maximum atomic E-state index is 12.6. The fraction of sp³-hybridized carbons (Fsp3) is 0.474. The molecule has 0 unspecified atom stereocenters. The number of ether oxygens (including phenoxy) is 2. The van der Waals surface area contributed by atoms with Gasteiger partial charge in [-0.05, 0) is 29.7 Å². The number of halogens is 3. The molecule has 0 atom stereocenters. The number of alkyl halides is 3. The van der Waals surface area contributed by atoms with Crippen molar-refractivity contribution in [3.8, 4) is 11.5 Å². The van der Waals surface area contributed by atoms with Gasteiger partial charge in [-0.3, -0.25) is 14.9 Å². The van der Waals surface area contributed by atoms with Crippen LogP contribution in [0.2, 0.25) is 0 Å². The van der Waals surface area contributed by atoms with Crippen LogP contribution in [0.1, 0.15) is 37.3 Å². The molecule has 0 saturated carbocycles. The van der Waals surface area contributed by atoms with Gasteiger partial charge >= 0.3 is 6.18 Å². The number of rotatable bonds is 7. The Kier molecular flexibility index (Phi) is 6.93. The minimum atomic E-state index is -4.31. The molecule has 1 aliphatic rings. The highest BCUT2D eigenvalue weighted by Gasteiger charge is 2.30. The van der Waals surface area contributed by atoms with Crippen LogP contribution in [0.4, 0.5) is 13.2 Å². The van der Waals surface area contributed by atoms with Crippen molar-refractivity contribution in [3.05, 3.63) is 29.5 Å². The van der Waals surface area contributed by atoms with E-state index in [9.17, 15) is 22.8 Å².